The van der Waals surface area contributed by atoms with Gasteiger partial charge in [-0.3, -0.25) is 23.6 Å². The largest absolute Gasteiger partial charge is 0.333 e. The number of nitrogens with zero attached hydrogens (tertiary/aromatic N) is 6. The van der Waals surface area contributed by atoms with E-state index in [0.29, 0.717) is 16.9 Å². The lowest BCUT2D eigenvalue weighted by molar-refractivity contribution is -0.114. The zero-order valence-electron chi connectivity index (χ0n) is 18.4. The van der Waals surface area contributed by atoms with Crippen molar-refractivity contribution in [1.82, 2.24) is 28.9 Å². The summed E-state index contributed by atoms with van der Waals surface area (Å²) in [6, 6.07) is 7.56. The number of pyridine rings is 2. The monoisotopic (exact) mass is 461 g/mol. The van der Waals surface area contributed by atoms with Crippen LogP contribution in [0.3, 0.4) is 0 Å². The summed E-state index contributed by atoms with van der Waals surface area (Å²) in [7, 11) is 3.55. The zero-order valence-corrected chi connectivity index (χ0v) is 19.2. The van der Waals surface area contributed by atoms with Gasteiger partial charge >= 0.3 is 5.69 Å². The van der Waals surface area contributed by atoms with E-state index in [1.165, 1.54) is 6.92 Å². The van der Waals surface area contributed by atoms with Crippen molar-refractivity contribution in [3.8, 4) is 16.8 Å². The minimum absolute atomic E-state index is 0.179. The van der Waals surface area contributed by atoms with Crippen LogP contribution in [-0.2, 0) is 18.9 Å². The highest BCUT2D eigenvalue weighted by Gasteiger charge is 2.19. The first-order chi connectivity index (χ1) is 15.7. The summed E-state index contributed by atoms with van der Waals surface area (Å²) >= 11 is 6.14. The number of hydrogen-bond acceptors (Lipinski definition) is 5. The Morgan fingerprint density at radius 2 is 1.88 bits per heavy atom. The molecule has 5 rings (SSSR count). The van der Waals surface area contributed by atoms with Gasteiger partial charge in [0.2, 0.25) is 5.91 Å². The molecule has 1 amide bonds. The van der Waals surface area contributed by atoms with Crippen LogP contribution in [0.25, 0.3) is 38.8 Å². The maximum Gasteiger partial charge on any atom is 0.333 e. The number of carbonyl (C=O) groups excluding carboxylic acids is 1. The van der Waals surface area contributed by atoms with Crippen molar-refractivity contribution in [2.24, 2.45) is 14.1 Å². The molecule has 0 saturated heterocycles. The van der Waals surface area contributed by atoms with Crippen molar-refractivity contribution in [1.29, 1.82) is 0 Å². The van der Waals surface area contributed by atoms with Crippen LogP contribution in [0.4, 0.5) is 5.69 Å². The van der Waals surface area contributed by atoms with E-state index in [1.807, 2.05) is 38.4 Å². The second-order valence-corrected chi connectivity index (χ2v) is 8.28. The molecule has 10 heteroatoms. The average Bonchev–Trinajstić information content (AvgIpc) is 3.24. The number of fused-ring (bicyclic) bond motifs is 3. The maximum atomic E-state index is 13.2. The van der Waals surface area contributed by atoms with Crippen molar-refractivity contribution in [2.75, 3.05) is 5.32 Å². The SMILES string of the molecule is CC(=O)Nc1cc(-c2ccc3ncc4c(c3c2)n(-c2cn(C)nc2C)c(=O)n4C)cnc1Cl. The molecule has 9 nitrogen and oxygen atoms in total. The lowest BCUT2D eigenvalue weighted by Gasteiger charge is -2.10. The van der Waals surface area contributed by atoms with Crippen LogP contribution in [-0.4, -0.2) is 34.8 Å². The van der Waals surface area contributed by atoms with Crippen LogP contribution in [0.1, 0.15) is 12.6 Å². The number of benzene rings is 1. The van der Waals surface area contributed by atoms with Crippen molar-refractivity contribution >= 4 is 45.1 Å². The summed E-state index contributed by atoms with van der Waals surface area (Å²) in [4.78, 5) is 33.5. The molecular formula is C23H20ClN7O2. The molecule has 0 fully saturated rings. The van der Waals surface area contributed by atoms with Crippen molar-refractivity contribution in [2.45, 2.75) is 13.8 Å². The number of imidazole rings is 1. The van der Waals surface area contributed by atoms with E-state index in [9.17, 15) is 9.59 Å². The fourth-order valence-corrected chi connectivity index (χ4v) is 4.24. The topological polar surface area (TPSA) is 99.6 Å². The Morgan fingerprint density at radius 1 is 1.09 bits per heavy atom. The minimum Gasteiger partial charge on any atom is -0.324 e. The van der Waals surface area contributed by atoms with E-state index in [-0.39, 0.29) is 16.8 Å². The van der Waals surface area contributed by atoms with Gasteiger partial charge in [-0.25, -0.2) is 9.78 Å². The highest BCUT2D eigenvalue weighted by molar-refractivity contribution is 6.32. The average molecular weight is 462 g/mol. The van der Waals surface area contributed by atoms with Gasteiger partial charge in [0.15, 0.2) is 5.15 Å². The minimum atomic E-state index is -0.236. The van der Waals surface area contributed by atoms with E-state index >= 15 is 0 Å². The molecular weight excluding hydrogens is 442 g/mol. The van der Waals surface area contributed by atoms with Gasteiger partial charge in [-0.05, 0) is 30.7 Å². The Kier molecular flexibility index (Phi) is 4.79. The molecule has 0 unspecified atom stereocenters. The standard InChI is InChI=1S/C23H20ClN7O2/c1-12-20(11-29(3)28-12)31-21-16-7-14(15-8-18(27-13(2)32)22(24)26-9-15)5-6-17(16)25-10-19(21)30(4)23(31)33/h5-11H,1-4H3,(H,27,32). The molecule has 1 aromatic carbocycles. The number of amides is 1. The number of anilines is 1. The van der Waals surface area contributed by atoms with Crippen LogP contribution in [0, 0.1) is 6.92 Å². The first-order valence-corrected chi connectivity index (χ1v) is 10.6. The van der Waals surface area contributed by atoms with Gasteiger partial charge in [-0.15, -0.1) is 0 Å². The summed E-state index contributed by atoms with van der Waals surface area (Å²) in [5.41, 5.74) is 5.53. The molecule has 5 aromatic rings. The lowest BCUT2D eigenvalue weighted by Crippen LogP contribution is -2.21. The molecule has 33 heavy (non-hydrogen) atoms. The maximum absolute atomic E-state index is 13.2. The second kappa shape index (κ2) is 7.56. The van der Waals surface area contributed by atoms with E-state index in [1.54, 1.807) is 39.3 Å². The molecule has 0 aliphatic carbocycles. The predicted molar refractivity (Wildman–Crippen MR) is 128 cm³/mol. The fraction of sp³-hybridized carbons (Fsp3) is 0.174. The molecule has 0 radical (unpaired) electrons. The zero-order chi connectivity index (χ0) is 23.4. The number of nitrogens with one attached hydrogen (secondary N) is 1. The van der Waals surface area contributed by atoms with Crippen LogP contribution >= 0.6 is 11.6 Å². The highest BCUT2D eigenvalue weighted by atomic mass is 35.5. The van der Waals surface area contributed by atoms with Crippen molar-refractivity contribution < 1.29 is 4.79 Å². The quantitative estimate of drug-likeness (QED) is 0.414. The second-order valence-electron chi connectivity index (χ2n) is 7.92. The molecule has 166 valence electrons. The number of aryl methyl sites for hydroxylation is 3. The van der Waals surface area contributed by atoms with Crippen molar-refractivity contribution in [3.63, 3.8) is 0 Å². The summed E-state index contributed by atoms with van der Waals surface area (Å²) in [5.74, 6) is -0.236. The molecule has 4 heterocycles. The van der Waals surface area contributed by atoms with E-state index in [4.69, 9.17) is 11.6 Å². The third-order valence-corrected chi connectivity index (χ3v) is 5.90. The van der Waals surface area contributed by atoms with E-state index in [0.717, 1.165) is 33.2 Å². The van der Waals surface area contributed by atoms with Crippen LogP contribution in [0.2, 0.25) is 5.15 Å². The number of aromatic nitrogens is 6. The number of halogens is 1. The summed E-state index contributed by atoms with van der Waals surface area (Å²) in [5, 5.41) is 8.12. The smallest absolute Gasteiger partial charge is 0.324 e. The predicted octanol–water partition coefficient (Wildman–Crippen LogP) is 3.59. The normalized spacial score (nSPS) is 11.4. The molecule has 0 aliphatic heterocycles. The Balaban J connectivity index is 1.80. The third-order valence-electron chi connectivity index (χ3n) is 5.59. The molecule has 0 atom stereocenters. The van der Waals surface area contributed by atoms with E-state index in [2.05, 4.69) is 20.4 Å². The number of rotatable bonds is 3. The number of hydrogen-bond donors (Lipinski definition) is 1. The lowest BCUT2D eigenvalue weighted by atomic mass is 10.0. The van der Waals surface area contributed by atoms with Gasteiger partial charge in [-0.2, -0.15) is 5.10 Å². The Morgan fingerprint density at radius 3 is 2.58 bits per heavy atom. The molecule has 0 aliphatic rings. The molecule has 1 N–H and O–H groups in total. The van der Waals surface area contributed by atoms with Gasteiger partial charge < -0.3 is 5.32 Å². The van der Waals surface area contributed by atoms with Crippen molar-refractivity contribution in [3.05, 3.63) is 64.2 Å². The number of carbonyl (C=O) groups is 1. The summed E-state index contributed by atoms with van der Waals surface area (Å²) in [6.45, 7) is 3.29. The first kappa shape index (κ1) is 20.9. The van der Waals surface area contributed by atoms with Gasteiger partial charge in [0.1, 0.15) is 0 Å². The Bertz CT molecular complexity index is 1640. The van der Waals surface area contributed by atoms with Gasteiger partial charge in [0.25, 0.3) is 0 Å². The highest BCUT2D eigenvalue weighted by Crippen LogP contribution is 2.32. The third kappa shape index (κ3) is 3.37. The first-order valence-electron chi connectivity index (χ1n) is 10.2. The van der Waals surface area contributed by atoms with Crippen LogP contribution in [0.15, 0.2) is 47.7 Å². The van der Waals surface area contributed by atoms with Gasteiger partial charge in [-0.1, -0.05) is 17.7 Å². The Labute approximate surface area is 193 Å². The Hall–Kier alpha value is -3.98. The van der Waals surface area contributed by atoms with Crippen LogP contribution < -0.4 is 11.0 Å². The molecule has 4 aromatic heterocycles. The summed E-state index contributed by atoms with van der Waals surface area (Å²) in [6.07, 6.45) is 5.18. The van der Waals surface area contributed by atoms with Gasteiger partial charge in [0, 0.05) is 44.4 Å². The van der Waals surface area contributed by atoms with E-state index < -0.39 is 0 Å². The fourth-order valence-electron chi connectivity index (χ4n) is 4.09. The van der Waals surface area contributed by atoms with Gasteiger partial charge in [0.05, 0.1) is 39.8 Å². The summed E-state index contributed by atoms with van der Waals surface area (Å²) < 4.78 is 4.95. The molecule has 0 spiro atoms. The van der Waals surface area contributed by atoms with Crippen LogP contribution in [0.5, 0.6) is 0 Å². The molecule has 0 saturated carbocycles. The molecule has 0 bridgehead atoms.